The Bertz CT molecular complexity index is 536. The van der Waals surface area contributed by atoms with Gasteiger partial charge >= 0.3 is 0 Å². The molecule has 1 heterocycles. The molecule has 2 aromatic rings. The van der Waals surface area contributed by atoms with Gasteiger partial charge in [-0.2, -0.15) is 0 Å². The maximum absolute atomic E-state index is 11.3. The lowest BCUT2D eigenvalue weighted by Crippen LogP contribution is -1.99. The van der Waals surface area contributed by atoms with Crippen LogP contribution in [-0.4, -0.2) is 10.8 Å². The largest absolute Gasteiger partial charge is 0.299 e. The highest BCUT2D eigenvalue weighted by molar-refractivity contribution is 9.10. The number of hydrogen-bond acceptors (Lipinski definition) is 3. The summed E-state index contributed by atoms with van der Waals surface area (Å²) in [5.74, 6) is 0.236. The minimum absolute atomic E-state index is 0.236. The molecule has 0 amide bonds. The molecule has 0 aliphatic carbocycles. The second-order valence-corrected chi connectivity index (χ2v) is 5.56. The third-order valence-electron chi connectivity index (χ3n) is 2.41. The van der Waals surface area contributed by atoms with Crippen molar-refractivity contribution in [1.82, 2.24) is 4.98 Å². The molecule has 0 aliphatic heterocycles. The third kappa shape index (κ3) is 3.23. The van der Waals surface area contributed by atoms with Gasteiger partial charge in [0, 0.05) is 21.8 Å². The Morgan fingerprint density at radius 1 is 1.47 bits per heavy atom. The van der Waals surface area contributed by atoms with Crippen LogP contribution in [0.2, 0.25) is 0 Å². The molecule has 1 aromatic carbocycles. The van der Waals surface area contributed by atoms with Crippen LogP contribution in [0.5, 0.6) is 0 Å². The van der Waals surface area contributed by atoms with E-state index in [2.05, 4.69) is 20.9 Å². The van der Waals surface area contributed by atoms with E-state index in [4.69, 9.17) is 0 Å². The monoisotopic (exact) mass is 309 g/mol. The van der Waals surface area contributed by atoms with Crippen molar-refractivity contribution in [2.24, 2.45) is 0 Å². The second kappa shape index (κ2) is 5.56. The molecule has 1 aromatic heterocycles. The first-order chi connectivity index (χ1) is 8.19. The minimum atomic E-state index is 0.236. The molecule has 0 unspecified atom stereocenters. The fourth-order valence-electron chi connectivity index (χ4n) is 1.47. The Kier molecular flexibility index (Phi) is 4.07. The van der Waals surface area contributed by atoms with Gasteiger partial charge in [-0.3, -0.25) is 4.79 Å². The molecule has 0 saturated heterocycles. The molecule has 0 bridgehead atoms. The molecule has 4 heteroatoms. The first-order valence-electron chi connectivity index (χ1n) is 5.41. The van der Waals surface area contributed by atoms with Crippen LogP contribution in [0.4, 0.5) is 0 Å². The Hall–Kier alpha value is -1.000. The number of benzene rings is 1. The van der Waals surface area contributed by atoms with E-state index in [9.17, 15) is 4.79 Å². The van der Waals surface area contributed by atoms with E-state index in [0.717, 1.165) is 20.7 Å². The van der Waals surface area contributed by atoms with Crippen molar-refractivity contribution in [3.63, 3.8) is 0 Å². The van der Waals surface area contributed by atoms with Crippen molar-refractivity contribution in [3.05, 3.63) is 39.1 Å². The molecular weight excluding hydrogens is 298 g/mol. The van der Waals surface area contributed by atoms with Crippen LogP contribution in [-0.2, 0) is 11.2 Å². The average Bonchev–Trinajstić information content (AvgIpc) is 2.77. The number of carbonyl (C=O) groups excluding carboxylic acids is 1. The number of halogens is 1. The summed E-state index contributed by atoms with van der Waals surface area (Å²) in [4.78, 5) is 15.8. The Morgan fingerprint density at radius 3 is 3.00 bits per heavy atom. The van der Waals surface area contributed by atoms with Crippen molar-refractivity contribution in [1.29, 1.82) is 0 Å². The summed E-state index contributed by atoms with van der Waals surface area (Å²) in [5.41, 5.74) is 2.01. The molecule has 0 radical (unpaired) electrons. The fraction of sp³-hybridized carbons (Fsp3) is 0.231. The van der Waals surface area contributed by atoms with Crippen molar-refractivity contribution in [2.45, 2.75) is 19.8 Å². The minimum Gasteiger partial charge on any atom is -0.299 e. The standard InChI is InChI=1S/C13H12BrNOS/c1-2-11(16)7-13-15-12(8-17-13)9-4-3-5-10(14)6-9/h3-6,8H,2,7H2,1H3. The quantitative estimate of drug-likeness (QED) is 0.851. The van der Waals surface area contributed by atoms with Crippen LogP contribution < -0.4 is 0 Å². The van der Waals surface area contributed by atoms with Crippen molar-refractivity contribution >= 4 is 33.0 Å². The number of rotatable bonds is 4. The highest BCUT2D eigenvalue weighted by atomic mass is 79.9. The van der Waals surface area contributed by atoms with E-state index >= 15 is 0 Å². The van der Waals surface area contributed by atoms with Crippen LogP contribution in [0.15, 0.2) is 34.1 Å². The second-order valence-electron chi connectivity index (χ2n) is 3.71. The molecule has 0 atom stereocenters. The lowest BCUT2D eigenvalue weighted by atomic mass is 10.2. The highest BCUT2D eigenvalue weighted by Gasteiger charge is 2.07. The van der Waals surface area contributed by atoms with Gasteiger partial charge in [0.15, 0.2) is 0 Å². The molecule has 17 heavy (non-hydrogen) atoms. The smallest absolute Gasteiger partial charge is 0.139 e. The van der Waals surface area contributed by atoms with Crippen LogP contribution in [0, 0.1) is 0 Å². The third-order valence-corrected chi connectivity index (χ3v) is 3.76. The predicted octanol–water partition coefficient (Wildman–Crippen LogP) is 4.09. The fourth-order valence-corrected chi connectivity index (χ4v) is 2.70. The molecule has 2 rings (SSSR count). The summed E-state index contributed by atoms with van der Waals surface area (Å²) in [6, 6.07) is 8.01. The molecule has 0 saturated carbocycles. The van der Waals surface area contributed by atoms with Gasteiger partial charge in [-0.25, -0.2) is 4.98 Å². The average molecular weight is 310 g/mol. The number of nitrogens with zero attached hydrogens (tertiary/aromatic N) is 1. The lowest BCUT2D eigenvalue weighted by molar-refractivity contribution is -0.118. The zero-order valence-corrected chi connectivity index (χ0v) is 11.8. The van der Waals surface area contributed by atoms with E-state index < -0.39 is 0 Å². The lowest BCUT2D eigenvalue weighted by Gasteiger charge is -1.97. The van der Waals surface area contributed by atoms with Gasteiger partial charge in [-0.05, 0) is 12.1 Å². The zero-order valence-electron chi connectivity index (χ0n) is 9.44. The van der Waals surface area contributed by atoms with Crippen LogP contribution in [0.1, 0.15) is 18.4 Å². The first kappa shape index (κ1) is 12.5. The van der Waals surface area contributed by atoms with Gasteiger partial charge in [-0.15, -0.1) is 11.3 Å². The molecule has 88 valence electrons. The van der Waals surface area contributed by atoms with Crippen LogP contribution in [0.3, 0.4) is 0 Å². The zero-order chi connectivity index (χ0) is 12.3. The Labute approximate surface area is 113 Å². The molecular formula is C13H12BrNOS. The van der Waals surface area contributed by atoms with E-state index in [1.54, 1.807) is 11.3 Å². The van der Waals surface area contributed by atoms with Gasteiger partial charge in [0.2, 0.25) is 0 Å². The van der Waals surface area contributed by atoms with Crippen LogP contribution >= 0.6 is 27.3 Å². The highest BCUT2D eigenvalue weighted by Crippen LogP contribution is 2.24. The topological polar surface area (TPSA) is 30.0 Å². The number of carbonyl (C=O) groups is 1. The van der Waals surface area contributed by atoms with E-state index in [-0.39, 0.29) is 5.78 Å². The predicted molar refractivity (Wildman–Crippen MR) is 74.3 cm³/mol. The maximum Gasteiger partial charge on any atom is 0.139 e. The summed E-state index contributed by atoms with van der Waals surface area (Å²) in [7, 11) is 0. The molecule has 0 N–H and O–H groups in total. The summed E-state index contributed by atoms with van der Waals surface area (Å²) in [5, 5.41) is 2.90. The number of aromatic nitrogens is 1. The maximum atomic E-state index is 11.3. The summed E-state index contributed by atoms with van der Waals surface area (Å²) in [6.07, 6.45) is 1.03. The molecule has 0 fully saturated rings. The molecule has 2 nitrogen and oxygen atoms in total. The number of thiazole rings is 1. The van der Waals surface area contributed by atoms with E-state index in [1.807, 2.05) is 36.6 Å². The van der Waals surface area contributed by atoms with Crippen molar-refractivity contribution < 1.29 is 4.79 Å². The van der Waals surface area contributed by atoms with Gasteiger partial charge < -0.3 is 0 Å². The Morgan fingerprint density at radius 2 is 2.29 bits per heavy atom. The number of Topliss-reactive ketones (excluding diaryl/α,β-unsaturated/α-hetero) is 1. The summed E-state index contributed by atoms with van der Waals surface area (Å²) in [6.45, 7) is 1.88. The van der Waals surface area contributed by atoms with Gasteiger partial charge in [0.25, 0.3) is 0 Å². The van der Waals surface area contributed by atoms with Gasteiger partial charge in [-0.1, -0.05) is 35.0 Å². The van der Waals surface area contributed by atoms with Crippen molar-refractivity contribution in [3.8, 4) is 11.3 Å². The molecule has 0 aliphatic rings. The SMILES string of the molecule is CCC(=O)Cc1nc(-c2cccc(Br)c2)cs1. The number of ketones is 1. The molecule has 0 spiro atoms. The van der Waals surface area contributed by atoms with Gasteiger partial charge in [0.1, 0.15) is 10.8 Å². The van der Waals surface area contributed by atoms with Crippen molar-refractivity contribution in [2.75, 3.05) is 0 Å². The van der Waals surface area contributed by atoms with Crippen LogP contribution in [0.25, 0.3) is 11.3 Å². The van der Waals surface area contributed by atoms with Gasteiger partial charge in [0.05, 0.1) is 12.1 Å². The summed E-state index contributed by atoms with van der Waals surface area (Å²) < 4.78 is 1.04. The van der Waals surface area contributed by atoms with E-state index in [0.29, 0.717) is 12.8 Å². The normalized spacial score (nSPS) is 10.5. The Balaban J connectivity index is 2.21. The van der Waals surface area contributed by atoms with E-state index in [1.165, 1.54) is 0 Å². The first-order valence-corrected chi connectivity index (χ1v) is 7.08. The number of hydrogen-bond donors (Lipinski definition) is 0. The summed E-state index contributed by atoms with van der Waals surface area (Å²) >= 11 is 4.99.